The first-order valence-electron chi connectivity index (χ1n) is 5.24. The zero-order valence-corrected chi connectivity index (χ0v) is 9.39. The van der Waals surface area contributed by atoms with E-state index in [0.29, 0.717) is 12.2 Å². The van der Waals surface area contributed by atoms with Crippen LogP contribution in [0, 0.1) is 0 Å². The standard InChI is InChI=1S/C13H14O4/c1-2-5-10-6-3-4-7-11(10)17-13(16)9-8-12(14)15/h2-4,6-7H,1,5,8-9H2,(H,14,15). The second kappa shape index (κ2) is 6.48. The van der Waals surface area contributed by atoms with E-state index >= 15 is 0 Å². The van der Waals surface area contributed by atoms with Gasteiger partial charge < -0.3 is 9.84 Å². The quantitative estimate of drug-likeness (QED) is 0.465. The number of allylic oxidation sites excluding steroid dienone is 1. The van der Waals surface area contributed by atoms with Crippen LogP contribution in [0.1, 0.15) is 18.4 Å². The Balaban J connectivity index is 2.63. The highest BCUT2D eigenvalue weighted by molar-refractivity contribution is 5.78. The van der Waals surface area contributed by atoms with Crippen LogP contribution < -0.4 is 4.74 Å². The fraction of sp³-hybridized carbons (Fsp3) is 0.231. The average molecular weight is 234 g/mol. The number of carboxylic acids is 1. The largest absolute Gasteiger partial charge is 0.481 e. The minimum Gasteiger partial charge on any atom is -0.481 e. The third-order valence-corrected chi connectivity index (χ3v) is 2.10. The minimum atomic E-state index is -1.01. The average Bonchev–Trinajstić information content (AvgIpc) is 2.29. The zero-order valence-electron chi connectivity index (χ0n) is 9.39. The molecule has 1 aromatic rings. The molecule has 0 heterocycles. The molecule has 90 valence electrons. The van der Waals surface area contributed by atoms with Gasteiger partial charge in [-0.1, -0.05) is 24.3 Å². The molecule has 1 N–H and O–H groups in total. The van der Waals surface area contributed by atoms with Gasteiger partial charge in [-0.3, -0.25) is 9.59 Å². The number of hydrogen-bond acceptors (Lipinski definition) is 3. The van der Waals surface area contributed by atoms with Gasteiger partial charge >= 0.3 is 11.9 Å². The molecule has 0 amide bonds. The monoisotopic (exact) mass is 234 g/mol. The molecule has 0 aliphatic heterocycles. The molecule has 0 unspecified atom stereocenters. The number of para-hydroxylation sites is 1. The molecule has 0 saturated carbocycles. The third kappa shape index (κ3) is 4.51. The van der Waals surface area contributed by atoms with E-state index < -0.39 is 11.9 Å². The maximum Gasteiger partial charge on any atom is 0.311 e. The fourth-order valence-electron chi connectivity index (χ4n) is 1.31. The van der Waals surface area contributed by atoms with Crippen molar-refractivity contribution < 1.29 is 19.4 Å². The molecule has 0 aromatic heterocycles. The van der Waals surface area contributed by atoms with Gasteiger partial charge in [-0.2, -0.15) is 0 Å². The predicted molar refractivity (Wildman–Crippen MR) is 62.8 cm³/mol. The van der Waals surface area contributed by atoms with Crippen LogP contribution >= 0.6 is 0 Å². The van der Waals surface area contributed by atoms with Gasteiger partial charge in [-0.25, -0.2) is 0 Å². The summed E-state index contributed by atoms with van der Waals surface area (Å²) in [4.78, 5) is 21.7. The van der Waals surface area contributed by atoms with Gasteiger partial charge in [0.2, 0.25) is 0 Å². The van der Waals surface area contributed by atoms with Gasteiger partial charge in [0.25, 0.3) is 0 Å². The highest BCUT2D eigenvalue weighted by Crippen LogP contribution is 2.19. The van der Waals surface area contributed by atoms with Crippen LogP contribution in [0.5, 0.6) is 5.75 Å². The number of carbonyl (C=O) groups excluding carboxylic acids is 1. The summed E-state index contributed by atoms with van der Waals surface area (Å²) in [6.45, 7) is 3.62. The highest BCUT2D eigenvalue weighted by atomic mass is 16.5. The van der Waals surface area contributed by atoms with Crippen molar-refractivity contribution in [1.82, 2.24) is 0 Å². The van der Waals surface area contributed by atoms with Gasteiger partial charge in [-0.15, -0.1) is 6.58 Å². The molecule has 0 fully saturated rings. The first-order valence-corrected chi connectivity index (χ1v) is 5.24. The number of benzene rings is 1. The van der Waals surface area contributed by atoms with Crippen molar-refractivity contribution in [3.63, 3.8) is 0 Å². The molecule has 0 aliphatic carbocycles. The SMILES string of the molecule is C=CCc1ccccc1OC(=O)CCC(=O)O. The molecular weight excluding hydrogens is 220 g/mol. The molecule has 0 aliphatic rings. The van der Waals surface area contributed by atoms with E-state index in [1.165, 1.54) is 0 Å². The normalized spacial score (nSPS) is 9.65. The Morgan fingerprint density at radius 1 is 1.29 bits per heavy atom. The first-order chi connectivity index (χ1) is 8.13. The van der Waals surface area contributed by atoms with Crippen molar-refractivity contribution in [2.24, 2.45) is 0 Å². The number of esters is 1. The molecule has 4 nitrogen and oxygen atoms in total. The van der Waals surface area contributed by atoms with Gasteiger partial charge in [0, 0.05) is 0 Å². The van der Waals surface area contributed by atoms with Crippen molar-refractivity contribution in [3.8, 4) is 5.75 Å². The Labute approximate surface area is 99.5 Å². The number of carbonyl (C=O) groups is 2. The maximum atomic E-state index is 11.4. The van der Waals surface area contributed by atoms with E-state index in [1.54, 1.807) is 18.2 Å². The molecule has 0 radical (unpaired) electrons. The highest BCUT2D eigenvalue weighted by Gasteiger charge is 2.09. The van der Waals surface area contributed by atoms with Crippen LogP contribution in [-0.4, -0.2) is 17.0 Å². The Morgan fingerprint density at radius 2 is 2.00 bits per heavy atom. The molecule has 0 spiro atoms. The summed E-state index contributed by atoms with van der Waals surface area (Å²) >= 11 is 0. The van der Waals surface area contributed by atoms with E-state index in [4.69, 9.17) is 9.84 Å². The summed E-state index contributed by atoms with van der Waals surface area (Å²) < 4.78 is 5.10. The molecule has 0 atom stereocenters. The number of hydrogen-bond donors (Lipinski definition) is 1. The number of rotatable bonds is 6. The minimum absolute atomic E-state index is 0.127. The van der Waals surface area contributed by atoms with E-state index in [0.717, 1.165) is 5.56 Å². The van der Waals surface area contributed by atoms with Crippen molar-refractivity contribution in [3.05, 3.63) is 42.5 Å². The van der Waals surface area contributed by atoms with Crippen molar-refractivity contribution in [2.45, 2.75) is 19.3 Å². The van der Waals surface area contributed by atoms with Crippen LogP contribution in [0.25, 0.3) is 0 Å². The van der Waals surface area contributed by atoms with Gasteiger partial charge in [0.15, 0.2) is 0 Å². The first kappa shape index (κ1) is 13.0. The molecule has 0 saturated heterocycles. The van der Waals surface area contributed by atoms with E-state index in [9.17, 15) is 9.59 Å². The summed E-state index contributed by atoms with van der Waals surface area (Å²) in [6, 6.07) is 7.11. The lowest BCUT2D eigenvalue weighted by molar-refractivity contribution is -0.142. The Hall–Kier alpha value is -2.10. The van der Waals surface area contributed by atoms with Crippen molar-refractivity contribution >= 4 is 11.9 Å². The van der Waals surface area contributed by atoms with Crippen LogP contribution in [0.4, 0.5) is 0 Å². The smallest absolute Gasteiger partial charge is 0.311 e. The van der Waals surface area contributed by atoms with Crippen LogP contribution in [0.15, 0.2) is 36.9 Å². The molecule has 4 heteroatoms. The zero-order chi connectivity index (χ0) is 12.7. The Kier molecular flexibility index (Phi) is 4.94. The van der Waals surface area contributed by atoms with E-state index in [1.807, 2.05) is 12.1 Å². The lowest BCUT2D eigenvalue weighted by Crippen LogP contribution is -2.11. The van der Waals surface area contributed by atoms with Gasteiger partial charge in [0.1, 0.15) is 5.75 Å². The molecule has 0 bridgehead atoms. The van der Waals surface area contributed by atoms with E-state index in [2.05, 4.69) is 6.58 Å². The van der Waals surface area contributed by atoms with E-state index in [-0.39, 0.29) is 12.8 Å². The van der Waals surface area contributed by atoms with Crippen LogP contribution in [0.2, 0.25) is 0 Å². The summed E-state index contributed by atoms with van der Waals surface area (Å²) in [7, 11) is 0. The maximum absolute atomic E-state index is 11.4. The molecule has 1 aromatic carbocycles. The third-order valence-electron chi connectivity index (χ3n) is 2.10. The van der Waals surface area contributed by atoms with Crippen molar-refractivity contribution in [2.75, 3.05) is 0 Å². The summed E-state index contributed by atoms with van der Waals surface area (Å²) in [5.41, 5.74) is 0.853. The van der Waals surface area contributed by atoms with Crippen LogP contribution in [-0.2, 0) is 16.0 Å². The number of aliphatic carboxylic acids is 1. The summed E-state index contributed by atoms with van der Waals surface area (Å²) in [5, 5.41) is 8.45. The van der Waals surface area contributed by atoms with Gasteiger partial charge in [-0.05, 0) is 18.1 Å². The lowest BCUT2D eigenvalue weighted by atomic mass is 10.1. The summed E-state index contributed by atoms with van der Waals surface area (Å²) in [5.74, 6) is -1.09. The van der Waals surface area contributed by atoms with Gasteiger partial charge in [0.05, 0.1) is 12.8 Å². The number of ether oxygens (including phenoxy) is 1. The van der Waals surface area contributed by atoms with Crippen molar-refractivity contribution in [1.29, 1.82) is 0 Å². The Morgan fingerprint density at radius 3 is 2.65 bits per heavy atom. The molecular formula is C13H14O4. The fourth-order valence-corrected chi connectivity index (χ4v) is 1.31. The predicted octanol–water partition coefficient (Wildman–Crippen LogP) is 2.19. The lowest BCUT2D eigenvalue weighted by Gasteiger charge is -2.07. The summed E-state index contributed by atoms with van der Waals surface area (Å²) in [6.07, 6.45) is 1.96. The topological polar surface area (TPSA) is 63.6 Å². The molecule has 17 heavy (non-hydrogen) atoms. The second-order valence-corrected chi connectivity index (χ2v) is 3.47. The Bertz CT molecular complexity index is 423. The number of carboxylic acid groups (broad SMARTS) is 1. The molecule has 1 rings (SSSR count). The van der Waals surface area contributed by atoms with Crippen LogP contribution in [0.3, 0.4) is 0 Å². The second-order valence-electron chi connectivity index (χ2n) is 3.47.